The normalized spacial score (nSPS) is 24.0. The topological polar surface area (TPSA) is 74.6 Å². The number of carbonyl (C=O) groups is 2. The summed E-state index contributed by atoms with van der Waals surface area (Å²) >= 11 is 0. The molecule has 3 heterocycles. The summed E-state index contributed by atoms with van der Waals surface area (Å²) in [6.07, 6.45) is 6.33. The number of furan rings is 1. The van der Waals surface area contributed by atoms with E-state index in [1.165, 1.54) is 19.3 Å². The third-order valence-electron chi connectivity index (χ3n) is 4.48. The number of piperidine rings is 1. The highest BCUT2D eigenvalue weighted by Gasteiger charge is 2.29. The molecule has 2 aliphatic heterocycles. The molecule has 1 aromatic heterocycles. The number of carbonyl (C=O) groups excluding carboxylic acids is 2. The molecule has 2 atom stereocenters. The molecule has 22 heavy (non-hydrogen) atoms. The van der Waals surface area contributed by atoms with Gasteiger partial charge in [-0.25, -0.2) is 0 Å². The largest absolute Gasteiger partial charge is 0.468 e. The highest BCUT2D eigenvalue weighted by atomic mass is 16.3. The fourth-order valence-electron chi connectivity index (χ4n) is 3.25. The van der Waals surface area contributed by atoms with E-state index in [1.54, 1.807) is 6.26 Å². The summed E-state index contributed by atoms with van der Waals surface area (Å²) in [5.41, 5.74) is 0. The Labute approximate surface area is 130 Å². The lowest BCUT2D eigenvalue weighted by Gasteiger charge is -2.33. The summed E-state index contributed by atoms with van der Waals surface area (Å²) < 4.78 is 5.56. The standard InChI is InChI=1S/C16H23N3O3/c20-15-7-6-12(18-15)16(21)17-11-13(14-5-4-10-22-14)19-8-2-1-3-9-19/h4-5,10,12-13H,1-3,6-9,11H2,(H,17,21)(H,18,20)/t12-,13-/m0/s1. The van der Waals surface area contributed by atoms with Gasteiger partial charge in [-0.3, -0.25) is 14.5 Å². The second kappa shape index (κ2) is 6.96. The van der Waals surface area contributed by atoms with Crippen LogP contribution in [0.1, 0.15) is 43.9 Å². The fraction of sp³-hybridized carbons (Fsp3) is 0.625. The van der Waals surface area contributed by atoms with Crippen LogP contribution in [-0.2, 0) is 9.59 Å². The number of likely N-dealkylation sites (tertiary alicyclic amines) is 1. The van der Waals surface area contributed by atoms with Crippen LogP contribution in [0.3, 0.4) is 0 Å². The Morgan fingerprint density at radius 3 is 2.86 bits per heavy atom. The SMILES string of the molecule is O=C1CC[C@@H](C(=O)NC[C@@H](c2ccco2)N2CCCCC2)N1. The Hall–Kier alpha value is -1.82. The van der Waals surface area contributed by atoms with Crippen molar-refractivity contribution >= 4 is 11.8 Å². The van der Waals surface area contributed by atoms with Gasteiger partial charge in [-0.2, -0.15) is 0 Å². The van der Waals surface area contributed by atoms with E-state index < -0.39 is 0 Å². The summed E-state index contributed by atoms with van der Waals surface area (Å²) in [6, 6.07) is 3.52. The van der Waals surface area contributed by atoms with Gasteiger partial charge in [-0.15, -0.1) is 0 Å². The van der Waals surface area contributed by atoms with Gasteiger partial charge in [0, 0.05) is 13.0 Å². The molecule has 6 heteroatoms. The first kappa shape index (κ1) is 15.1. The molecule has 2 saturated heterocycles. The van der Waals surface area contributed by atoms with Crippen molar-refractivity contribution in [2.75, 3.05) is 19.6 Å². The second-order valence-corrected chi connectivity index (χ2v) is 6.03. The van der Waals surface area contributed by atoms with Crippen LogP contribution in [0.2, 0.25) is 0 Å². The summed E-state index contributed by atoms with van der Waals surface area (Å²) in [5.74, 6) is 0.746. The van der Waals surface area contributed by atoms with Crippen molar-refractivity contribution in [2.45, 2.75) is 44.2 Å². The van der Waals surface area contributed by atoms with Crippen molar-refractivity contribution in [3.63, 3.8) is 0 Å². The molecule has 2 amide bonds. The first-order valence-corrected chi connectivity index (χ1v) is 8.08. The number of hydrogen-bond acceptors (Lipinski definition) is 4. The minimum atomic E-state index is -0.383. The summed E-state index contributed by atoms with van der Waals surface area (Å²) in [7, 11) is 0. The molecule has 3 rings (SSSR count). The quantitative estimate of drug-likeness (QED) is 0.857. The van der Waals surface area contributed by atoms with Gasteiger partial charge in [0.25, 0.3) is 0 Å². The smallest absolute Gasteiger partial charge is 0.242 e. The molecule has 2 fully saturated rings. The second-order valence-electron chi connectivity index (χ2n) is 6.03. The zero-order valence-electron chi connectivity index (χ0n) is 12.7. The molecule has 1 aromatic rings. The molecular weight excluding hydrogens is 282 g/mol. The van der Waals surface area contributed by atoms with Crippen LogP contribution in [0, 0.1) is 0 Å². The molecule has 0 aliphatic carbocycles. The predicted molar refractivity (Wildman–Crippen MR) is 81.0 cm³/mol. The third kappa shape index (κ3) is 3.50. The lowest BCUT2D eigenvalue weighted by molar-refractivity contribution is -0.126. The van der Waals surface area contributed by atoms with Crippen LogP contribution in [0.4, 0.5) is 0 Å². The zero-order chi connectivity index (χ0) is 15.4. The predicted octanol–water partition coefficient (Wildman–Crippen LogP) is 1.20. The van der Waals surface area contributed by atoms with E-state index in [0.717, 1.165) is 18.8 Å². The van der Waals surface area contributed by atoms with Gasteiger partial charge in [0.05, 0.1) is 12.3 Å². The summed E-state index contributed by atoms with van der Waals surface area (Å²) in [4.78, 5) is 25.8. The van der Waals surface area contributed by atoms with Gasteiger partial charge < -0.3 is 15.1 Å². The van der Waals surface area contributed by atoms with Gasteiger partial charge in [0.1, 0.15) is 11.8 Å². The number of nitrogens with one attached hydrogen (secondary N) is 2. The molecule has 0 saturated carbocycles. The molecule has 6 nitrogen and oxygen atoms in total. The number of nitrogens with zero attached hydrogens (tertiary/aromatic N) is 1. The first-order chi connectivity index (χ1) is 10.7. The highest BCUT2D eigenvalue weighted by molar-refractivity contribution is 5.90. The van der Waals surface area contributed by atoms with E-state index in [2.05, 4.69) is 15.5 Å². The maximum Gasteiger partial charge on any atom is 0.242 e. The number of rotatable bonds is 5. The Morgan fingerprint density at radius 1 is 1.41 bits per heavy atom. The molecule has 0 aromatic carbocycles. The Balaban J connectivity index is 1.60. The molecule has 2 N–H and O–H groups in total. The van der Waals surface area contributed by atoms with Crippen molar-refractivity contribution in [3.05, 3.63) is 24.2 Å². The summed E-state index contributed by atoms with van der Waals surface area (Å²) in [5, 5.41) is 5.68. The molecule has 0 bridgehead atoms. The number of amides is 2. The van der Waals surface area contributed by atoms with E-state index in [4.69, 9.17) is 4.42 Å². The minimum Gasteiger partial charge on any atom is -0.468 e. The lowest BCUT2D eigenvalue weighted by Crippen LogP contribution is -2.46. The van der Waals surface area contributed by atoms with Crippen LogP contribution in [0.25, 0.3) is 0 Å². The Morgan fingerprint density at radius 2 is 2.23 bits per heavy atom. The molecule has 120 valence electrons. The van der Waals surface area contributed by atoms with Crippen LogP contribution >= 0.6 is 0 Å². The van der Waals surface area contributed by atoms with Crippen LogP contribution in [0.5, 0.6) is 0 Å². The number of hydrogen-bond donors (Lipinski definition) is 2. The monoisotopic (exact) mass is 305 g/mol. The van der Waals surface area contributed by atoms with Crippen molar-refractivity contribution in [2.24, 2.45) is 0 Å². The van der Waals surface area contributed by atoms with E-state index in [0.29, 0.717) is 19.4 Å². The van der Waals surface area contributed by atoms with E-state index in [9.17, 15) is 9.59 Å². The van der Waals surface area contributed by atoms with E-state index >= 15 is 0 Å². The lowest BCUT2D eigenvalue weighted by atomic mass is 10.1. The summed E-state index contributed by atoms with van der Waals surface area (Å²) in [6.45, 7) is 2.57. The van der Waals surface area contributed by atoms with Crippen molar-refractivity contribution in [3.8, 4) is 0 Å². The van der Waals surface area contributed by atoms with Crippen molar-refractivity contribution in [1.29, 1.82) is 0 Å². The minimum absolute atomic E-state index is 0.0428. The van der Waals surface area contributed by atoms with Gasteiger partial charge in [-0.05, 0) is 44.5 Å². The zero-order valence-corrected chi connectivity index (χ0v) is 12.7. The van der Waals surface area contributed by atoms with Gasteiger partial charge in [-0.1, -0.05) is 6.42 Å². The average molecular weight is 305 g/mol. The van der Waals surface area contributed by atoms with Gasteiger partial charge in [0.2, 0.25) is 11.8 Å². The Kier molecular flexibility index (Phi) is 4.77. The van der Waals surface area contributed by atoms with Crippen molar-refractivity contribution < 1.29 is 14.0 Å². The van der Waals surface area contributed by atoms with Crippen LogP contribution in [-0.4, -0.2) is 42.4 Å². The highest BCUT2D eigenvalue weighted by Crippen LogP contribution is 2.24. The maximum absolute atomic E-state index is 12.2. The van der Waals surface area contributed by atoms with E-state index in [1.807, 2.05) is 12.1 Å². The van der Waals surface area contributed by atoms with Gasteiger partial charge in [0.15, 0.2) is 0 Å². The molecule has 0 radical (unpaired) electrons. The van der Waals surface area contributed by atoms with Crippen molar-refractivity contribution in [1.82, 2.24) is 15.5 Å². The molecule has 0 unspecified atom stereocenters. The fourth-order valence-corrected chi connectivity index (χ4v) is 3.25. The third-order valence-corrected chi connectivity index (χ3v) is 4.48. The molecule has 2 aliphatic rings. The van der Waals surface area contributed by atoms with Crippen LogP contribution in [0.15, 0.2) is 22.8 Å². The van der Waals surface area contributed by atoms with Gasteiger partial charge >= 0.3 is 0 Å². The maximum atomic E-state index is 12.2. The average Bonchev–Trinajstić information content (AvgIpc) is 3.20. The Bertz CT molecular complexity index is 509. The first-order valence-electron chi connectivity index (χ1n) is 8.08. The van der Waals surface area contributed by atoms with Crippen LogP contribution < -0.4 is 10.6 Å². The molecule has 0 spiro atoms. The van der Waals surface area contributed by atoms with E-state index in [-0.39, 0.29) is 23.9 Å². The molecular formula is C16H23N3O3.